The summed E-state index contributed by atoms with van der Waals surface area (Å²) in [5.41, 5.74) is 0.986. The molecule has 1 aromatic rings. The van der Waals surface area contributed by atoms with Gasteiger partial charge in [0.15, 0.2) is 11.5 Å². The van der Waals surface area contributed by atoms with Crippen molar-refractivity contribution < 1.29 is 9.47 Å². The molecule has 0 spiro atoms. The van der Waals surface area contributed by atoms with Crippen LogP contribution in [-0.4, -0.2) is 21.3 Å². The third-order valence-corrected chi connectivity index (χ3v) is 2.11. The molecule has 0 saturated carbocycles. The van der Waals surface area contributed by atoms with Gasteiger partial charge < -0.3 is 14.8 Å². The molecule has 0 unspecified atom stereocenters. The second kappa shape index (κ2) is 5.08. The van der Waals surface area contributed by atoms with Crippen molar-refractivity contribution in [3.8, 4) is 11.5 Å². The van der Waals surface area contributed by atoms with Crippen LogP contribution in [0.4, 0.5) is 0 Å². The van der Waals surface area contributed by atoms with E-state index >= 15 is 0 Å². The lowest BCUT2D eigenvalue weighted by atomic mass is 10.2. The van der Waals surface area contributed by atoms with Crippen molar-refractivity contribution in [2.75, 3.05) is 21.3 Å². The molecular weight excluding hydrogens is 202 g/mol. The van der Waals surface area contributed by atoms with Crippen LogP contribution in [0.1, 0.15) is 5.56 Å². The number of rotatable bonds is 4. The van der Waals surface area contributed by atoms with Gasteiger partial charge in [0.2, 0.25) is 0 Å². The molecule has 1 rings (SSSR count). The van der Waals surface area contributed by atoms with Crippen molar-refractivity contribution in [2.24, 2.45) is 0 Å². The van der Waals surface area contributed by atoms with E-state index in [1.165, 1.54) is 0 Å². The molecule has 0 atom stereocenters. The van der Waals surface area contributed by atoms with Crippen molar-refractivity contribution in [3.05, 3.63) is 22.7 Å². The predicted molar refractivity (Wildman–Crippen MR) is 57.3 cm³/mol. The number of halogens is 1. The number of ether oxygens (including phenoxy) is 2. The zero-order valence-corrected chi connectivity index (χ0v) is 9.31. The molecule has 0 radical (unpaired) electrons. The Morgan fingerprint density at radius 3 is 2.50 bits per heavy atom. The van der Waals surface area contributed by atoms with Crippen LogP contribution in [0.2, 0.25) is 5.02 Å². The number of nitrogens with one attached hydrogen (secondary N) is 1. The van der Waals surface area contributed by atoms with Crippen molar-refractivity contribution in [1.29, 1.82) is 0 Å². The Hall–Kier alpha value is -0.930. The monoisotopic (exact) mass is 215 g/mol. The predicted octanol–water partition coefficient (Wildman–Crippen LogP) is 2.08. The van der Waals surface area contributed by atoms with Gasteiger partial charge in [-0.05, 0) is 13.1 Å². The minimum absolute atomic E-state index is 0.646. The average molecular weight is 216 g/mol. The molecule has 0 aliphatic heterocycles. The first kappa shape index (κ1) is 11.1. The Morgan fingerprint density at radius 1 is 1.29 bits per heavy atom. The third-order valence-electron chi connectivity index (χ3n) is 1.89. The summed E-state index contributed by atoms with van der Waals surface area (Å²) in [6.07, 6.45) is 0. The Labute approximate surface area is 89.0 Å². The molecule has 0 amide bonds. The lowest BCUT2D eigenvalue weighted by molar-refractivity contribution is 0.351. The van der Waals surface area contributed by atoms with Gasteiger partial charge in [0, 0.05) is 23.2 Å². The number of hydrogen-bond donors (Lipinski definition) is 1. The lowest BCUT2D eigenvalue weighted by Crippen LogP contribution is -2.07. The minimum Gasteiger partial charge on any atom is -0.493 e. The standard InChI is InChI=1S/C10H14ClNO2/c1-12-6-7-4-8(11)5-9(13-2)10(7)14-3/h4-5,12H,6H2,1-3H3. The zero-order chi connectivity index (χ0) is 10.6. The highest BCUT2D eigenvalue weighted by atomic mass is 35.5. The fraction of sp³-hybridized carbons (Fsp3) is 0.400. The van der Waals surface area contributed by atoms with Crippen LogP contribution in [0, 0.1) is 0 Å². The minimum atomic E-state index is 0.646. The maximum atomic E-state index is 5.93. The SMILES string of the molecule is CNCc1cc(Cl)cc(OC)c1OC. The summed E-state index contributed by atoms with van der Waals surface area (Å²) >= 11 is 5.93. The quantitative estimate of drug-likeness (QED) is 0.834. The molecule has 0 fully saturated rings. The Bertz CT molecular complexity index is 315. The highest BCUT2D eigenvalue weighted by Gasteiger charge is 2.10. The van der Waals surface area contributed by atoms with E-state index in [9.17, 15) is 0 Å². The Balaban J connectivity index is 3.17. The number of hydrogen-bond acceptors (Lipinski definition) is 3. The van der Waals surface area contributed by atoms with Gasteiger partial charge in [-0.25, -0.2) is 0 Å². The van der Waals surface area contributed by atoms with Crippen LogP contribution in [0.3, 0.4) is 0 Å². The highest BCUT2D eigenvalue weighted by Crippen LogP contribution is 2.34. The molecule has 0 aliphatic rings. The van der Waals surface area contributed by atoms with E-state index < -0.39 is 0 Å². The van der Waals surface area contributed by atoms with Gasteiger partial charge in [0.1, 0.15) is 0 Å². The smallest absolute Gasteiger partial charge is 0.165 e. The first-order chi connectivity index (χ1) is 6.72. The van der Waals surface area contributed by atoms with E-state index in [2.05, 4.69) is 5.32 Å². The first-order valence-corrected chi connectivity index (χ1v) is 4.65. The Kier molecular flexibility index (Phi) is 4.04. The third kappa shape index (κ3) is 2.30. The molecule has 0 aromatic heterocycles. The zero-order valence-electron chi connectivity index (χ0n) is 8.56. The summed E-state index contributed by atoms with van der Waals surface area (Å²) in [5, 5.41) is 3.69. The van der Waals surface area contributed by atoms with Crippen LogP contribution < -0.4 is 14.8 Å². The van der Waals surface area contributed by atoms with Gasteiger partial charge in [-0.3, -0.25) is 0 Å². The summed E-state index contributed by atoms with van der Waals surface area (Å²) in [6, 6.07) is 3.60. The van der Waals surface area contributed by atoms with E-state index in [4.69, 9.17) is 21.1 Å². The van der Waals surface area contributed by atoms with Gasteiger partial charge in [-0.1, -0.05) is 11.6 Å². The molecule has 0 bridgehead atoms. The highest BCUT2D eigenvalue weighted by molar-refractivity contribution is 6.30. The molecule has 0 saturated heterocycles. The van der Waals surface area contributed by atoms with Crippen LogP contribution in [0.5, 0.6) is 11.5 Å². The fourth-order valence-electron chi connectivity index (χ4n) is 1.33. The molecule has 0 aliphatic carbocycles. The summed E-state index contributed by atoms with van der Waals surface area (Å²) in [6.45, 7) is 0.695. The second-order valence-electron chi connectivity index (χ2n) is 2.83. The number of methoxy groups -OCH3 is 2. The second-order valence-corrected chi connectivity index (χ2v) is 3.27. The van der Waals surface area contributed by atoms with Gasteiger partial charge in [-0.2, -0.15) is 0 Å². The molecule has 14 heavy (non-hydrogen) atoms. The van der Waals surface area contributed by atoms with Crippen LogP contribution in [0.15, 0.2) is 12.1 Å². The summed E-state index contributed by atoms with van der Waals surface area (Å²) in [4.78, 5) is 0. The molecule has 1 aromatic carbocycles. The topological polar surface area (TPSA) is 30.5 Å². The molecule has 1 N–H and O–H groups in total. The lowest BCUT2D eigenvalue weighted by Gasteiger charge is -2.12. The Morgan fingerprint density at radius 2 is 2.00 bits per heavy atom. The summed E-state index contributed by atoms with van der Waals surface area (Å²) < 4.78 is 10.4. The van der Waals surface area contributed by atoms with Crippen LogP contribution in [-0.2, 0) is 6.54 Å². The van der Waals surface area contributed by atoms with Crippen molar-refractivity contribution in [2.45, 2.75) is 6.54 Å². The maximum Gasteiger partial charge on any atom is 0.165 e. The van der Waals surface area contributed by atoms with Crippen molar-refractivity contribution in [3.63, 3.8) is 0 Å². The number of benzene rings is 1. The van der Waals surface area contributed by atoms with Gasteiger partial charge >= 0.3 is 0 Å². The summed E-state index contributed by atoms with van der Waals surface area (Å²) in [5.74, 6) is 1.39. The molecule has 3 nitrogen and oxygen atoms in total. The van der Waals surface area contributed by atoms with E-state index in [1.807, 2.05) is 13.1 Å². The molecular formula is C10H14ClNO2. The van der Waals surface area contributed by atoms with Crippen LogP contribution >= 0.6 is 11.6 Å². The van der Waals surface area contributed by atoms with E-state index in [0.717, 1.165) is 11.3 Å². The first-order valence-electron chi connectivity index (χ1n) is 4.28. The average Bonchev–Trinajstić information content (AvgIpc) is 2.17. The molecule has 4 heteroatoms. The fourth-order valence-corrected chi connectivity index (χ4v) is 1.56. The molecule has 0 heterocycles. The maximum absolute atomic E-state index is 5.93. The van der Waals surface area contributed by atoms with Gasteiger partial charge in [-0.15, -0.1) is 0 Å². The van der Waals surface area contributed by atoms with Crippen molar-refractivity contribution >= 4 is 11.6 Å². The van der Waals surface area contributed by atoms with Crippen LogP contribution in [0.25, 0.3) is 0 Å². The largest absolute Gasteiger partial charge is 0.493 e. The van der Waals surface area contributed by atoms with Gasteiger partial charge in [0.25, 0.3) is 0 Å². The van der Waals surface area contributed by atoms with E-state index in [0.29, 0.717) is 17.3 Å². The molecule has 78 valence electrons. The van der Waals surface area contributed by atoms with Gasteiger partial charge in [0.05, 0.1) is 14.2 Å². The summed E-state index contributed by atoms with van der Waals surface area (Å²) in [7, 11) is 5.08. The van der Waals surface area contributed by atoms with Crippen molar-refractivity contribution in [1.82, 2.24) is 5.32 Å². The normalized spacial score (nSPS) is 10.0. The van der Waals surface area contributed by atoms with E-state index in [-0.39, 0.29) is 0 Å². The van der Waals surface area contributed by atoms with E-state index in [1.54, 1.807) is 20.3 Å².